The van der Waals surface area contributed by atoms with E-state index in [9.17, 15) is 0 Å². The molecule has 1 nitrogen and oxygen atoms in total. The average Bonchev–Trinajstić information content (AvgIpc) is 2.43. The van der Waals surface area contributed by atoms with Gasteiger partial charge in [-0.15, -0.1) is 0 Å². The number of hydrogen-bond acceptors (Lipinski definition) is 1. The molecule has 114 valence electrons. The van der Waals surface area contributed by atoms with Crippen LogP contribution in [0.2, 0.25) is 36.3 Å². The standard InChI is InChI=1S/C16H37NSi2/c1-9-18(10-2,11-3)17(15-16(7)8)19(12-4,13-5)14-6/h7,9-15H2,1-6,8H3. The van der Waals surface area contributed by atoms with Gasteiger partial charge < -0.3 is 4.23 Å². The van der Waals surface area contributed by atoms with Gasteiger partial charge in [0, 0.05) is 6.54 Å². The quantitative estimate of drug-likeness (QED) is 0.360. The molecule has 3 heteroatoms. The van der Waals surface area contributed by atoms with E-state index in [-0.39, 0.29) is 0 Å². The van der Waals surface area contributed by atoms with Crippen molar-refractivity contribution < 1.29 is 0 Å². The van der Waals surface area contributed by atoms with Gasteiger partial charge in [0.1, 0.15) is 16.5 Å². The lowest BCUT2D eigenvalue weighted by Gasteiger charge is -2.52. The number of rotatable bonds is 10. The highest BCUT2D eigenvalue weighted by molar-refractivity contribution is 6.92. The molecule has 19 heavy (non-hydrogen) atoms. The summed E-state index contributed by atoms with van der Waals surface area (Å²) in [7, 11) is -2.55. The maximum Gasteiger partial charge on any atom is 0.121 e. The van der Waals surface area contributed by atoms with E-state index in [2.05, 4.69) is 59.3 Å². The van der Waals surface area contributed by atoms with Gasteiger partial charge in [0.2, 0.25) is 0 Å². The molecule has 0 aliphatic carbocycles. The zero-order valence-electron chi connectivity index (χ0n) is 14.6. The molecule has 0 aliphatic heterocycles. The Morgan fingerprint density at radius 3 is 1.16 bits per heavy atom. The first-order valence-electron chi connectivity index (χ1n) is 8.33. The molecule has 0 aromatic carbocycles. The minimum absolute atomic E-state index is 1.17. The summed E-state index contributed by atoms with van der Waals surface area (Å²) < 4.78 is 3.09. The zero-order chi connectivity index (χ0) is 15.1. The van der Waals surface area contributed by atoms with Crippen molar-refractivity contribution in [3.05, 3.63) is 12.2 Å². The van der Waals surface area contributed by atoms with Gasteiger partial charge in [-0.25, -0.2) is 0 Å². The van der Waals surface area contributed by atoms with Crippen molar-refractivity contribution in [3.8, 4) is 0 Å². The van der Waals surface area contributed by atoms with Gasteiger partial charge >= 0.3 is 0 Å². The fourth-order valence-corrected chi connectivity index (χ4v) is 17.1. The Morgan fingerprint density at radius 1 is 0.737 bits per heavy atom. The molecule has 0 heterocycles. The zero-order valence-corrected chi connectivity index (χ0v) is 16.6. The van der Waals surface area contributed by atoms with Crippen LogP contribution in [0.15, 0.2) is 12.2 Å². The summed E-state index contributed by atoms with van der Waals surface area (Å²) in [6.07, 6.45) is 0. The van der Waals surface area contributed by atoms with Crippen LogP contribution in [0.5, 0.6) is 0 Å². The Hall–Kier alpha value is 0.134. The second-order valence-corrected chi connectivity index (χ2v) is 16.8. The van der Waals surface area contributed by atoms with E-state index in [1.54, 1.807) is 0 Å². The van der Waals surface area contributed by atoms with Gasteiger partial charge in [0.25, 0.3) is 0 Å². The van der Waals surface area contributed by atoms with Crippen LogP contribution in [0.3, 0.4) is 0 Å². The average molecular weight is 300 g/mol. The second kappa shape index (κ2) is 8.43. The summed E-state index contributed by atoms with van der Waals surface area (Å²) >= 11 is 0. The molecular weight excluding hydrogens is 262 g/mol. The molecule has 0 N–H and O–H groups in total. The van der Waals surface area contributed by atoms with Crippen molar-refractivity contribution in [3.63, 3.8) is 0 Å². The van der Waals surface area contributed by atoms with Gasteiger partial charge in [-0.05, 0) is 43.2 Å². The maximum atomic E-state index is 4.23. The molecule has 0 unspecified atom stereocenters. The van der Waals surface area contributed by atoms with Crippen molar-refractivity contribution >= 4 is 16.5 Å². The molecule has 0 aromatic heterocycles. The first kappa shape index (κ1) is 19.1. The highest BCUT2D eigenvalue weighted by Crippen LogP contribution is 2.36. The molecule has 0 spiro atoms. The van der Waals surface area contributed by atoms with Crippen LogP contribution in [0.4, 0.5) is 0 Å². The molecule has 0 amide bonds. The predicted octanol–water partition coefficient (Wildman–Crippen LogP) is 5.87. The lowest BCUT2D eigenvalue weighted by Crippen LogP contribution is -2.66. The minimum atomic E-state index is -1.27. The third-order valence-electron chi connectivity index (χ3n) is 5.52. The summed E-state index contributed by atoms with van der Waals surface area (Å²) in [6.45, 7) is 22.2. The first-order chi connectivity index (χ1) is 8.91. The second-order valence-electron chi connectivity index (χ2n) is 6.11. The molecule has 0 radical (unpaired) electrons. The molecule has 0 atom stereocenters. The first-order valence-corrected chi connectivity index (χ1v) is 13.5. The third kappa shape index (κ3) is 4.05. The van der Waals surface area contributed by atoms with E-state index >= 15 is 0 Å². The molecule has 0 saturated carbocycles. The molecule has 0 saturated heterocycles. The minimum Gasteiger partial charge on any atom is -0.341 e. The Labute approximate surface area is 124 Å². The highest BCUT2D eigenvalue weighted by Gasteiger charge is 2.45. The largest absolute Gasteiger partial charge is 0.341 e. The topological polar surface area (TPSA) is 3.24 Å². The van der Waals surface area contributed by atoms with Crippen molar-refractivity contribution in [1.29, 1.82) is 0 Å². The maximum absolute atomic E-state index is 4.23. The van der Waals surface area contributed by atoms with E-state index in [1.807, 2.05) is 0 Å². The lowest BCUT2D eigenvalue weighted by atomic mass is 10.4. The van der Waals surface area contributed by atoms with Crippen molar-refractivity contribution in [1.82, 2.24) is 4.23 Å². The SMILES string of the molecule is C=C(C)CN([Si](CC)(CC)CC)[Si](CC)(CC)CC. The van der Waals surface area contributed by atoms with Crippen LogP contribution in [0, 0.1) is 0 Å². The lowest BCUT2D eigenvalue weighted by molar-refractivity contribution is 0.619. The fraction of sp³-hybridized carbons (Fsp3) is 0.875. The molecular formula is C16H37NSi2. The van der Waals surface area contributed by atoms with Gasteiger partial charge in [0.05, 0.1) is 0 Å². The smallest absolute Gasteiger partial charge is 0.121 e. The summed E-state index contributed by atoms with van der Waals surface area (Å²) in [6, 6.07) is 8.43. The van der Waals surface area contributed by atoms with Gasteiger partial charge in [-0.1, -0.05) is 53.7 Å². The van der Waals surface area contributed by atoms with Gasteiger partial charge in [0.15, 0.2) is 0 Å². The summed E-state index contributed by atoms with van der Waals surface area (Å²) in [4.78, 5) is 0. The molecule has 0 aromatic rings. The third-order valence-corrected chi connectivity index (χ3v) is 18.9. The van der Waals surface area contributed by atoms with Crippen LogP contribution < -0.4 is 0 Å². The van der Waals surface area contributed by atoms with Crippen LogP contribution in [-0.4, -0.2) is 27.2 Å². The predicted molar refractivity (Wildman–Crippen MR) is 95.9 cm³/mol. The van der Waals surface area contributed by atoms with Gasteiger partial charge in [-0.2, -0.15) is 0 Å². The van der Waals surface area contributed by atoms with E-state index < -0.39 is 16.5 Å². The monoisotopic (exact) mass is 299 g/mol. The Balaban J connectivity index is 5.69. The van der Waals surface area contributed by atoms with Crippen LogP contribution in [0.25, 0.3) is 0 Å². The summed E-state index contributed by atoms with van der Waals surface area (Å²) in [5, 5.41) is 0. The number of nitrogens with zero attached hydrogens (tertiary/aromatic N) is 1. The van der Waals surface area contributed by atoms with E-state index in [0.29, 0.717) is 0 Å². The van der Waals surface area contributed by atoms with Gasteiger partial charge in [-0.3, -0.25) is 0 Å². The molecule has 0 rings (SSSR count). The van der Waals surface area contributed by atoms with Crippen LogP contribution in [-0.2, 0) is 0 Å². The van der Waals surface area contributed by atoms with Crippen LogP contribution >= 0.6 is 0 Å². The Kier molecular flexibility index (Phi) is 8.49. The molecule has 0 fully saturated rings. The Bertz CT molecular complexity index is 231. The van der Waals surface area contributed by atoms with Crippen molar-refractivity contribution in [2.45, 2.75) is 84.7 Å². The highest BCUT2D eigenvalue weighted by atomic mass is 28.4. The molecule has 0 aliphatic rings. The van der Waals surface area contributed by atoms with Crippen molar-refractivity contribution in [2.24, 2.45) is 0 Å². The summed E-state index contributed by atoms with van der Waals surface area (Å²) in [5.74, 6) is 0. The normalized spacial score (nSPS) is 13.1. The van der Waals surface area contributed by atoms with Crippen LogP contribution in [0.1, 0.15) is 48.5 Å². The number of hydrogen-bond donors (Lipinski definition) is 0. The van der Waals surface area contributed by atoms with Crippen molar-refractivity contribution in [2.75, 3.05) is 6.54 Å². The summed E-state index contributed by atoms with van der Waals surface area (Å²) in [5.41, 5.74) is 1.36. The van der Waals surface area contributed by atoms with E-state index in [0.717, 1.165) is 0 Å². The Morgan fingerprint density at radius 2 is 1.00 bits per heavy atom. The molecule has 0 bridgehead atoms. The van der Waals surface area contributed by atoms with E-state index in [1.165, 1.54) is 48.4 Å². The van der Waals surface area contributed by atoms with E-state index in [4.69, 9.17) is 0 Å². The fourth-order valence-electron chi connectivity index (χ4n) is 3.75.